The lowest BCUT2D eigenvalue weighted by atomic mass is 10.2. The van der Waals surface area contributed by atoms with Crippen LogP contribution in [0.1, 0.15) is 17.3 Å². The number of carboxylic acid groups (broad SMARTS) is 1. The van der Waals surface area contributed by atoms with Crippen LogP contribution in [0.5, 0.6) is 0 Å². The second-order valence-corrected chi connectivity index (χ2v) is 5.21. The Kier molecular flexibility index (Phi) is 3.65. The van der Waals surface area contributed by atoms with E-state index in [0.717, 1.165) is 4.90 Å². The summed E-state index contributed by atoms with van der Waals surface area (Å²) in [6, 6.07) is 1.66. The molecule has 2 rings (SSSR count). The lowest BCUT2D eigenvalue weighted by Gasteiger charge is -2.24. The summed E-state index contributed by atoms with van der Waals surface area (Å²) in [4.78, 5) is 25.0. The smallest absolute Gasteiger partial charge is 0.326 e. The van der Waals surface area contributed by atoms with Crippen LogP contribution in [0.3, 0.4) is 0 Å². The van der Waals surface area contributed by atoms with Crippen LogP contribution >= 0.6 is 11.3 Å². The van der Waals surface area contributed by atoms with Gasteiger partial charge in [0.2, 0.25) is 5.91 Å². The van der Waals surface area contributed by atoms with Crippen LogP contribution in [0.15, 0.2) is 17.5 Å². The maximum absolute atomic E-state index is 12.1. The third-order valence-corrected chi connectivity index (χ3v) is 3.92. The van der Waals surface area contributed by atoms with Crippen LogP contribution in [-0.4, -0.2) is 45.7 Å². The number of hydrogen-bond donors (Lipinski definition) is 3. The van der Waals surface area contributed by atoms with Crippen LogP contribution in [0, 0.1) is 0 Å². The maximum atomic E-state index is 12.1. The van der Waals surface area contributed by atoms with Gasteiger partial charge in [-0.15, -0.1) is 11.3 Å². The van der Waals surface area contributed by atoms with Crippen molar-refractivity contribution in [3.63, 3.8) is 0 Å². The number of thiophene rings is 1. The van der Waals surface area contributed by atoms with Gasteiger partial charge in [0.15, 0.2) is 0 Å². The van der Waals surface area contributed by atoms with Crippen molar-refractivity contribution >= 4 is 23.2 Å². The number of amides is 1. The summed E-state index contributed by atoms with van der Waals surface area (Å²) in [7, 11) is 0. The minimum atomic E-state index is -1.11. The Balaban J connectivity index is 2.15. The molecule has 1 fully saturated rings. The molecule has 6 nitrogen and oxygen atoms in total. The van der Waals surface area contributed by atoms with Gasteiger partial charge in [-0.2, -0.15) is 0 Å². The van der Waals surface area contributed by atoms with Gasteiger partial charge >= 0.3 is 5.97 Å². The first-order chi connectivity index (χ1) is 8.50. The van der Waals surface area contributed by atoms with Crippen molar-refractivity contribution < 1.29 is 19.8 Å². The molecule has 4 N–H and O–H groups in total. The van der Waals surface area contributed by atoms with E-state index in [1.807, 2.05) is 0 Å². The van der Waals surface area contributed by atoms with Gasteiger partial charge in [0, 0.05) is 17.8 Å². The first-order valence-corrected chi connectivity index (χ1v) is 6.39. The highest BCUT2D eigenvalue weighted by molar-refractivity contribution is 7.10. The number of rotatable bonds is 3. The van der Waals surface area contributed by atoms with Crippen molar-refractivity contribution in [2.75, 3.05) is 6.54 Å². The molecule has 7 heteroatoms. The van der Waals surface area contributed by atoms with E-state index in [9.17, 15) is 14.7 Å². The monoisotopic (exact) mass is 270 g/mol. The Morgan fingerprint density at radius 1 is 1.56 bits per heavy atom. The molecule has 1 aliphatic rings. The highest BCUT2D eigenvalue weighted by atomic mass is 32.1. The second kappa shape index (κ2) is 5.05. The van der Waals surface area contributed by atoms with Crippen LogP contribution in [0.4, 0.5) is 0 Å². The van der Waals surface area contributed by atoms with Crippen LogP contribution < -0.4 is 5.73 Å². The van der Waals surface area contributed by atoms with Gasteiger partial charge < -0.3 is 20.8 Å². The zero-order valence-electron chi connectivity index (χ0n) is 9.52. The van der Waals surface area contributed by atoms with Crippen molar-refractivity contribution in [1.82, 2.24) is 4.90 Å². The number of β-amino-alcohol motifs (C(OH)–C–C–N with tert-alkyl or cyclic N) is 1. The number of hydrogen-bond acceptors (Lipinski definition) is 5. The average molecular weight is 270 g/mol. The molecule has 0 aromatic carbocycles. The fourth-order valence-corrected chi connectivity index (χ4v) is 2.78. The number of likely N-dealkylation sites (tertiary alicyclic amines) is 1. The molecule has 98 valence electrons. The highest BCUT2D eigenvalue weighted by Gasteiger charge is 2.40. The van der Waals surface area contributed by atoms with Crippen molar-refractivity contribution in [3.8, 4) is 0 Å². The van der Waals surface area contributed by atoms with E-state index in [0.29, 0.717) is 4.88 Å². The molecule has 1 amide bonds. The Hall–Kier alpha value is -1.44. The van der Waals surface area contributed by atoms with Crippen molar-refractivity contribution in [3.05, 3.63) is 22.4 Å². The van der Waals surface area contributed by atoms with Crippen LogP contribution in [-0.2, 0) is 9.59 Å². The minimum Gasteiger partial charge on any atom is -0.480 e. The molecule has 0 radical (unpaired) electrons. The first kappa shape index (κ1) is 13.0. The summed E-state index contributed by atoms with van der Waals surface area (Å²) >= 11 is 1.35. The lowest BCUT2D eigenvalue weighted by Crippen LogP contribution is -2.44. The summed E-state index contributed by atoms with van der Waals surface area (Å²) in [6.07, 6.45) is -0.747. The second-order valence-electron chi connectivity index (χ2n) is 4.23. The molecule has 18 heavy (non-hydrogen) atoms. The van der Waals surface area contributed by atoms with E-state index in [2.05, 4.69) is 0 Å². The van der Waals surface area contributed by atoms with E-state index < -0.39 is 30.1 Å². The van der Waals surface area contributed by atoms with Gasteiger partial charge in [-0.05, 0) is 11.4 Å². The summed E-state index contributed by atoms with van der Waals surface area (Å²) in [5.41, 5.74) is 5.82. The largest absolute Gasteiger partial charge is 0.480 e. The van der Waals surface area contributed by atoms with E-state index >= 15 is 0 Å². The van der Waals surface area contributed by atoms with E-state index in [-0.39, 0.29) is 13.0 Å². The van der Waals surface area contributed by atoms with Crippen LogP contribution in [0.2, 0.25) is 0 Å². The number of nitrogens with zero attached hydrogens (tertiary/aromatic N) is 1. The molecule has 0 aliphatic carbocycles. The fraction of sp³-hybridized carbons (Fsp3) is 0.455. The Morgan fingerprint density at radius 3 is 2.83 bits per heavy atom. The van der Waals surface area contributed by atoms with Crippen molar-refractivity contribution in [1.29, 1.82) is 0 Å². The Labute approximate surface area is 108 Å². The third-order valence-electron chi connectivity index (χ3n) is 2.96. The van der Waals surface area contributed by atoms with Crippen molar-refractivity contribution in [2.45, 2.75) is 24.6 Å². The predicted molar refractivity (Wildman–Crippen MR) is 65.0 cm³/mol. The standard InChI is InChI=1S/C11H14N2O4S/c12-9(8-2-1-3-18-8)10(15)13-5-6(14)4-7(13)11(16)17/h1-3,6-7,9,14H,4-5,12H2,(H,16,17)/t6-,7+,9?/m1/s1. The van der Waals surface area contributed by atoms with Gasteiger partial charge in [-0.25, -0.2) is 4.79 Å². The molecule has 2 heterocycles. The Morgan fingerprint density at radius 2 is 2.28 bits per heavy atom. The topological polar surface area (TPSA) is 104 Å². The summed E-state index contributed by atoms with van der Waals surface area (Å²) < 4.78 is 0. The summed E-state index contributed by atoms with van der Waals surface area (Å²) in [5, 5.41) is 20.3. The number of nitrogens with two attached hydrogens (primary N) is 1. The number of carboxylic acids is 1. The predicted octanol–water partition coefficient (Wildman–Crippen LogP) is -0.206. The lowest BCUT2D eigenvalue weighted by molar-refractivity contribution is -0.148. The average Bonchev–Trinajstić information content (AvgIpc) is 2.95. The molecule has 3 atom stereocenters. The highest BCUT2D eigenvalue weighted by Crippen LogP contribution is 2.24. The van der Waals surface area contributed by atoms with Gasteiger partial charge in [0.25, 0.3) is 0 Å². The molecule has 1 aromatic rings. The Bertz CT molecular complexity index is 448. The van der Waals surface area contributed by atoms with Gasteiger partial charge in [-0.1, -0.05) is 6.07 Å². The molecule has 0 spiro atoms. The molecule has 1 unspecified atom stereocenters. The van der Waals surface area contributed by atoms with Gasteiger partial charge in [0.1, 0.15) is 12.1 Å². The molecular formula is C11H14N2O4S. The summed E-state index contributed by atoms with van der Waals surface area (Å²) in [6.45, 7) is 0.0227. The van der Waals surface area contributed by atoms with Gasteiger partial charge in [0.05, 0.1) is 6.10 Å². The van der Waals surface area contributed by atoms with Crippen LogP contribution in [0.25, 0.3) is 0 Å². The van der Waals surface area contributed by atoms with E-state index in [1.54, 1.807) is 17.5 Å². The SMILES string of the molecule is NC(C(=O)N1C[C@H](O)C[C@H]1C(=O)O)c1cccs1. The molecule has 1 aromatic heterocycles. The molecular weight excluding hydrogens is 256 g/mol. The number of aliphatic hydroxyl groups excluding tert-OH is 1. The number of carbonyl (C=O) groups excluding carboxylic acids is 1. The molecule has 0 bridgehead atoms. The van der Waals surface area contributed by atoms with Crippen molar-refractivity contribution in [2.24, 2.45) is 5.73 Å². The normalized spacial score (nSPS) is 25.1. The van der Waals surface area contributed by atoms with E-state index in [1.165, 1.54) is 11.3 Å². The minimum absolute atomic E-state index is 0.0227. The molecule has 0 saturated carbocycles. The van der Waals surface area contributed by atoms with Gasteiger partial charge in [-0.3, -0.25) is 4.79 Å². The number of carbonyl (C=O) groups is 2. The number of aliphatic hydroxyl groups is 1. The quantitative estimate of drug-likeness (QED) is 0.705. The first-order valence-electron chi connectivity index (χ1n) is 5.51. The third kappa shape index (κ3) is 2.38. The molecule has 1 saturated heterocycles. The number of aliphatic carboxylic acids is 1. The zero-order chi connectivity index (χ0) is 13.3. The van der Waals surface area contributed by atoms with E-state index in [4.69, 9.17) is 10.8 Å². The summed E-state index contributed by atoms with van der Waals surface area (Å²) in [5.74, 6) is -1.57. The maximum Gasteiger partial charge on any atom is 0.326 e. The molecule has 1 aliphatic heterocycles. The zero-order valence-corrected chi connectivity index (χ0v) is 10.3. The fourth-order valence-electron chi connectivity index (χ4n) is 2.06.